The van der Waals surface area contributed by atoms with Gasteiger partial charge in [0.05, 0.1) is 0 Å². The molecule has 2 N–H and O–H groups in total. The third kappa shape index (κ3) is 5.59. The zero-order chi connectivity index (χ0) is 15.7. The molecule has 0 aliphatic heterocycles. The monoisotopic (exact) mass is 311 g/mol. The summed E-state index contributed by atoms with van der Waals surface area (Å²) >= 11 is 6.34. The van der Waals surface area contributed by atoms with Gasteiger partial charge in [0, 0.05) is 24.2 Å². The minimum Gasteiger partial charge on any atom is -0.329 e. The fraction of sp³-hybridized carbons (Fsp3) is 0.647. The predicted molar refractivity (Wildman–Crippen MR) is 92.9 cm³/mol. The second-order valence-electron chi connectivity index (χ2n) is 5.28. The second-order valence-corrected chi connectivity index (χ2v) is 5.69. The molecular formula is C17H30ClN3. The van der Waals surface area contributed by atoms with Crippen LogP contribution in [0.1, 0.15) is 38.8 Å². The lowest BCUT2D eigenvalue weighted by Crippen LogP contribution is -2.36. The van der Waals surface area contributed by atoms with E-state index in [4.69, 9.17) is 17.3 Å². The number of benzene rings is 1. The lowest BCUT2D eigenvalue weighted by molar-refractivity contribution is 0.193. The van der Waals surface area contributed by atoms with Gasteiger partial charge in [-0.05, 0) is 44.2 Å². The van der Waals surface area contributed by atoms with Crippen molar-refractivity contribution in [1.82, 2.24) is 9.80 Å². The Labute approximate surface area is 135 Å². The highest BCUT2D eigenvalue weighted by atomic mass is 35.5. The summed E-state index contributed by atoms with van der Waals surface area (Å²) in [6.07, 6.45) is 1.16. The first-order chi connectivity index (χ1) is 10.2. The van der Waals surface area contributed by atoms with E-state index in [0.717, 1.165) is 49.7 Å². The molecule has 0 bridgehead atoms. The molecule has 0 radical (unpaired) electrons. The van der Waals surface area contributed by atoms with Crippen LogP contribution in [-0.2, 0) is 0 Å². The van der Waals surface area contributed by atoms with Crippen molar-refractivity contribution in [2.75, 3.05) is 39.3 Å². The van der Waals surface area contributed by atoms with E-state index in [1.165, 1.54) is 0 Å². The molecule has 0 heterocycles. The van der Waals surface area contributed by atoms with Crippen molar-refractivity contribution in [2.24, 2.45) is 5.73 Å². The van der Waals surface area contributed by atoms with Crippen LogP contribution in [0.4, 0.5) is 0 Å². The second kappa shape index (κ2) is 10.2. The Morgan fingerprint density at radius 2 is 1.71 bits per heavy atom. The van der Waals surface area contributed by atoms with Gasteiger partial charge in [0.1, 0.15) is 0 Å². The molecule has 0 aliphatic carbocycles. The number of nitrogens with two attached hydrogens (primary N) is 1. The summed E-state index contributed by atoms with van der Waals surface area (Å²) in [5.41, 5.74) is 7.17. The minimum absolute atomic E-state index is 0.209. The van der Waals surface area contributed by atoms with Crippen LogP contribution in [0, 0.1) is 0 Å². The van der Waals surface area contributed by atoms with Crippen molar-refractivity contribution in [2.45, 2.75) is 33.2 Å². The smallest absolute Gasteiger partial charge is 0.0485 e. The van der Waals surface area contributed by atoms with E-state index in [1.54, 1.807) is 0 Å². The van der Waals surface area contributed by atoms with Crippen LogP contribution in [0.2, 0.25) is 5.02 Å². The number of hydrogen-bond acceptors (Lipinski definition) is 3. The predicted octanol–water partition coefficient (Wildman–Crippen LogP) is 3.39. The van der Waals surface area contributed by atoms with Crippen molar-refractivity contribution in [3.05, 3.63) is 34.9 Å². The molecule has 1 atom stereocenters. The molecule has 120 valence electrons. The van der Waals surface area contributed by atoms with Crippen LogP contribution >= 0.6 is 11.6 Å². The molecule has 1 aromatic rings. The fourth-order valence-electron chi connectivity index (χ4n) is 2.79. The van der Waals surface area contributed by atoms with Crippen molar-refractivity contribution in [1.29, 1.82) is 0 Å². The lowest BCUT2D eigenvalue weighted by Gasteiger charge is -2.31. The number of hydrogen-bond donors (Lipinski definition) is 1. The Morgan fingerprint density at radius 3 is 2.24 bits per heavy atom. The zero-order valence-electron chi connectivity index (χ0n) is 13.7. The van der Waals surface area contributed by atoms with Gasteiger partial charge < -0.3 is 10.6 Å². The molecule has 1 rings (SSSR count). The molecule has 0 spiro atoms. The minimum atomic E-state index is 0.209. The van der Waals surface area contributed by atoms with E-state index in [2.05, 4.69) is 36.6 Å². The summed E-state index contributed by atoms with van der Waals surface area (Å²) < 4.78 is 0. The quantitative estimate of drug-likeness (QED) is 0.719. The molecule has 3 nitrogen and oxygen atoms in total. The van der Waals surface area contributed by atoms with E-state index >= 15 is 0 Å². The average molecular weight is 312 g/mol. The topological polar surface area (TPSA) is 32.5 Å². The van der Waals surface area contributed by atoms with Gasteiger partial charge in [-0.2, -0.15) is 0 Å². The van der Waals surface area contributed by atoms with E-state index in [1.807, 2.05) is 18.2 Å². The number of halogens is 1. The Balaban J connectivity index is 2.66. The van der Waals surface area contributed by atoms with Gasteiger partial charge in [-0.25, -0.2) is 0 Å². The molecule has 0 aromatic heterocycles. The summed E-state index contributed by atoms with van der Waals surface area (Å²) in [7, 11) is 0. The molecule has 0 saturated carbocycles. The molecule has 0 aliphatic rings. The van der Waals surface area contributed by atoms with Gasteiger partial charge in [-0.1, -0.05) is 50.6 Å². The van der Waals surface area contributed by atoms with Crippen molar-refractivity contribution >= 4 is 11.6 Å². The first kappa shape index (κ1) is 18.4. The standard InChI is InChI=1S/C17H30ClN3/c1-4-20(5-2)12-9-13-21(6-3)17(14-19)15-10-7-8-11-16(15)18/h7-8,10-11,17H,4-6,9,12-14,19H2,1-3H3. The van der Waals surface area contributed by atoms with E-state index in [0.29, 0.717) is 6.54 Å². The highest BCUT2D eigenvalue weighted by Gasteiger charge is 2.19. The van der Waals surface area contributed by atoms with Crippen LogP contribution in [0.5, 0.6) is 0 Å². The number of nitrogens with zero attached hydrogens (tertiary/aromatic N) is 2. The Hall–Kier alpha value is -0.610. The van der Waals surface area contributed by atoms with E-state index < -0.39 is 0 Å². The molecule has 4 heteroatoms. The first-order valence-corrected chi connectivity index (χ1v) is 8.46. The molecule has 1 aromatic carbocycles. The molecule has 0 saturated heterocycles. The third-order valence-electron chi connectivity index (χ3n) is 4.15. The van der Waals surface area contributed by atoms with Crippen LogP contribution in [-0.4, -0.2) is 49.1 Å². The van der Waals surface area contributed by atoms with Crippen LogP contribution < -0.4 is 5.73 Å². The maximum atomic E-state index is 6.34. The lowest BCUT2D eigenvalue weighted by atomic mass is 10.0. The Kier molecular flexibility index (Phi) is 8.93. The molecule has 0 fully saturated rings. The Morgan fingerprint density at radius 1 is 1.05 bits per heavy atom. The fourth-order valence-corrected chi connectivity index (χ4v) is 3.05. The molecule has 1 unspecified atom stereocenters. The molecule has 21 heavy (non-hydrogen) atoms. The molecule has 0 amide bonds. The highest BCUT2D eigenvalue weighted by molar-refractivity contribution is 6.31. The SMILES string of the molecule is CCN(CC)CCCN(CC)C(CN)c1ccccc1Cl. The van der Waals surface area contributed by atoms with Crippen LogP contribution in [0.15, 0.2) is 24.3 Å². The maximum absolute atomic E-state index is 6.34. The summed E-state index contributed by atoms with van der Waals surface area (Å²) in [4.78, 5) is 4.89. The van der Waals surface area contributed by atoms with Crippen LogP contribution in [0.3, 0.4) is 0 Å². The van der Waals surface area contributed by atoms with E-state index in [-0.39, 0.29) is 6.04 Å². The number of rotatable bonds is 10. The maximum Gasteiger partial charge on any atom is 0.0485 e. The zero-order valence-corrected chi connectivity index (χ0v) is 14.4. The molecular weight excluding hydrogens is 282 g/mol. The van der Waals surface area contributed by atoms with Crippen molar-refractivity contribution in [3.63, 3.8) is 0 Å². The van der Waals surface area contributed by atoms with Gasteiger partial charge in [0.25, 0.3) is 0 Å². The van der Waals surface area contributed by atoms with Gasteiger partial charge in [-0.15, -0.1) is 0 Å². The summed E-state index contributed by atoms with van der Waals surface area (Å²) in [5.74, 6) is 0. The van der Waals surface area contributed by atoms with Crippen molar-refractivity contribution < 1.29 is 0 Å². The summed E-state index contributed by atoms with van der Waals surface area (Å²) in [6.45, 7) is 12.6. The van der Waals surface area contributed by atoms with Gasteiger partial charge >= 0.3 is 0 Å². The highest BCUT2D eigenvalue weighted by Crippen LogP contribution is 2.26. The summed E-state index contributed by atoms with van der Waals surface area (Å²) in [5, 5.41) is 0.815. The third-order valence-corrected chi connectivity index (χ3v) is 4.49. The van der Waals surface area contributed by atoms with E-state index in [9.17, 15) is 0 Å². The normalized spacial score (nSPS) is 13.1. The van der Waals surface area contributed by atoms with Crippen LogP contribution in [0.25, 0.3) is 0 Å². The number of likely N-dealkylation sites (N-methyl/N-ethyl adjacent to an activating group) is 1. The Bertz CT molecular complexity index is 393. The first-order valence-electron chi connectivity index (χ1n) is 8.08. The largest absolute Gasteiger partial charge is 0.329 e. The van der Waals surface area contributed by atoms with Crippen molar-refractivity contribution in [3.8, 4) is 0 Å². The van der Waals surface area contributed by atoms with Gasteiger partial charge in [0.2, 0.25) is 0 Å². The van der Waals surface area contributed by atoms with Gasteiger partial charge in [0.15, 0.2) is 0 Å². The summed E-state index contributed by atoms with van der Waals surface area (Å²) in [6, 6.07) is 8.25. The van der Waals surface area contributed by atoms with Gasteiger partial charge in [-0.3, -0.25) is 4.90 Å². The average Bonchev–Trinajstić information content (AvgIpc) is 2.52.